The average Bonchev–Trinajstić information content (AvgIpc) is 3.09. The summed E-state index contributed by atoms with van der Waals surface area (Å²) in [6.07, 6.45) is 0.848. The molecule has 0 aromatic heterocycles. The van der Waals surface area contributed by atoms with Gasteiger partial charge in [-0.2, -0.15) is 0 Å². The van der Waals surface area contributed by atoms with Gasteiger partial charge in [0.25, 0.3) is 5.54 Å². The van der Waals surface area contributed by atoms with Crippen LogP contribution in [0, 0.1) is 0 Å². The van der Waals surface area contributed by atoms with Gasteiger partial charge in [0.05, 0.1) is 0 Å². The molecular weight excluding hydrogens is 330 g/mol. The molecule has 2 aromatic rings. The minimum Gasteiger partial charge on any atom is -0.459 e. The summed E-state index contributed by atoms with van der Waals surface area (Å²) in [5.74, 6) is -1.31. The highest BCUT2D eigenvalue weighted by Gasteiger charge is 2.51. The second kappa shape index (κ2) is 7.95. The maximum atomic E-state index is 12.7. The number of nitrogens with zero attached hydrogens (tertiary/aromatic N) is 1. The molecule has 0 atom stereocenters. The van der Waals surface area contributed by atoms with Gasteiger partial charge in [-0.05, 0) is 30.9 Å². The number of benzene rings is 2. The van der Waals surface area contributed by atoms with Crippen LogP contribution in [0.2, 0.25) is 0 Å². The second-order valence-corrected chi connectivity index (χ2v) is 6.33. The molecule has 0 bridgehead atoms. The van der Waals surface area contributed by atoms with Crippen LogP contribution in [0.15, 0.2) is 65.7 Å². The standard InChI is InChI=1S/C21H21NO4/c1-16-12-13-21(22-16,19(23)25-14-17-8-4-2-5-9-17)20(24)26-15-18-10-6-3-7-11-18/h2-11H,12-15H2,1H3. The molecule has 134 valence electrons. The van der Waals surface area contributed by atoms with Gasteiger partial charge >= 0.3 is 11.9 Å². The third kappa shape index (κ3) is 3.99. The van der Waals surface area contributed by atoms with Gasteiger partial charge in [-0.3, -0.25) is 4.99 Å². The van der Waals surface area contributed by atoms with Crippen molar-refractivity contribution in [2.24, 2.45) is 4.99 Å². The first kappa shape index (κ1) is 17.9. The summed E-state index contributed by atoms with van der Waals surface area (Å²) in [5, 5.41) is 0. The van der Waals surface area contributed by atoms with E-state index >= 15 is 0 Å². The number of hydrogen-bond acceptors (Lipinski definition) is 5. The first-order valence-corrected chi connectivity index (χ1v) is 8.58. The molecule has 0 amide bonds. The lowest BCUT2D eigenvalue weighted by Gasteiger charge is -2.22. The van der Waals surface area contributed by atoms with E-state index < -0.39 is 17.5 Å². The van der Waals surface area contributed by atoms with Crippen molar-refractivity contribution in [2.45, 2.75) is 38.5 Å². The Morgan fingerprint density at radius 3 is 1.73 bits per heavy atom. The minimum absolute atomic E-state index is 0.0992. The van der Waals surface area contributed by atoms with E-state index in [9.17, 15) is 9.59 Å². The molecule has 1 heterocycles. The molecule has 1 aliphatic heterocycles. The van der Waals surface area contributed by atoms with Gasteiger partial charge in [0, 0.05) is 5.71 Å². The van der Waals surface area contributed by atoms with Crippen molar-refractivity contribution < 1.29 is 19.1 Å². The summed E-state index contributed by atoms with van der Waals surface area (Å²) in [7, 11) is 0. The smallest absolute Gasteiger partial charge is 0.346 e. The number of rotatable bonds is 6. The first-order valence-electron chi connectivity index (χ1n) is 8.58. The highest BCUT2D eigenvalue weighted by molar-refractivity contribution is 6.09. The Morgan fingerprint density at radius 2 is 1.35 bits per heavy atom. The number of hydrogen-bond donors (Lipinski definition) is 0. The third-order valence-electron chi connectivity index (χ3n) is 4.33. The third-order valence-corrected chi connectivity index (χ3v) is 4.33. The molecule has 0 spiro atoms. The quantitative estimate of drug-likeness (QED) is 0.590. The molecule has 0 fully saturated rings. The molecule has 1 aliphatic rings. The van der Waals surface area contributed by atoms with Gasteiger partial charge < -0.3 is 9.47 Å². The summed E-state index contributed by atoms with van der Waals surface area (Å²) in [6.45, 7) is 2.00. The van der Waals surface area contributed by atoms with Gasteiger partial charge in [0.15, 0.2) is 0 Å². The van der Waals surface area contributed by atoms with Crippen molar-refractivity contribution in [3.63, 3.8) is 0 Å². The number of esters is 2. The van der Waals surface area contributed by atoms with E-state index in [1.165, 1.54) is 0 Å². The van der Waals surface area contributed by atoms with Gasteiger partial charge in [-0.15, -0.1) is 0 Å². The number of carbonyl (C=O) groups excluding carboxylic acids is 2. The maximum absolute atomic E-state index is 12.7. The van der Waals surface area contributed by atoms with Crippen molar-refractivity contribution in [3.05, 3.63) is 71.8 Å². The normalized spacial score (nSPS) is 15.2. The Labute approximate surface area is 152 Å². The molecule has 2 aromatic carbocycles. The Balaban J connectivity index is 1.69. The molecule has 3 rings (SSSR count). The molecule has 5 nitrogen and oxygen atoms in total. The molecular formula is C21H21NO4. The first-order chi connectivity index (χ1) is 12.6. The zero-order chi connectivity index (χ0) is 18.4. The number of carbonyl (C=O) groups is 2. The fourth-order valence-electron chi connectivity index (χ4n) is 2.86. The predicted molar refractivity (Wildman–Crippen MR) is 97.6 cm³/mol. The van der Waals surface area contributed by atoms with E-state index in [0.717, 1.165) is 16.8 Å². The lowest BCUT2D eigenvalue weighted by atomic mass is 9.97. The summed E-state index contributed by atoms with van der Waals surface area (Å²) in [4.78, 5) is 29.7. The molecule has 0 unspecified atom stereocenters. The maximum Gasteiger partial charge on any atom is 0.346 e. The number of ether oxygens (including phenoxy) is 2. The fourth-order valence-corrected chi connectivity index (χ4v) is 2.86. The SMILES string of the molecule is CC1=NC(C(=O)OCc2ccccc2)(C(=O)OCc2ccccc2)CC1. The van der Waals surface area contributed by atoms with Gasteiger partial charge in [-0.25, -0.2) is 9.59 Å². The van der Waals surface area contributed by atoms with Crippen LogP contribution in [0.3, 0.4) is 0 Å². The van der Waals surface area contributed by atoms with E-state index in [0.29, 0.717) is 6.42 Å². The van der Waals surface area contributed by atoms with Crippen LogP contribution < -0.4 is 0 Å². The van der Waals surface area contributed by atoms with Crippen molar-refractivity contribution in [3.8, 4) is 0 Å². The molecule has 0 saturated carbocycles. The number of aliphatic imine (C=N–C) groups is 1. The van der Waals surface area contributed by atoms with E-state index in [4.69, 9.17) is 9.47 Å². The Kier molecular flexibility index (Phi) is 5.46. The van der Waals surface area contributed by atoms with E-state index in [2.05, 4.69) is 4.99 Å². The topological polar surface area (TPSA) is 65.0 Å². The lowest BCUT2D eigenvalue weighted by Crippen LogP contribution is -2.45. The van der Waals surface area contributed by atoms with Crippen molar-refractivity contribution in [2.75, 3.05) is 0 Å². The average molecular weight is 351 g/mol. The molecule has 0 saturated heterocycles. The largest absolute Gasteiger partial charge is 0.459 e. The van der Waals surface area contributed by atoms with E-state index in [-0.39, 0.29) is 19.6 Å². The highest BCUT2D eigenvalue weighted by Crippen LogP contribution is 2.30. The molecule has 0 N–H and O–H groups in total. The molecule has 26 heavy (non-hydrogen) atoms. The zero-order valence-electron chi connectivity index (χ0n) is 14.7. The van der Waals surface area contributed by atoms with Crippen LogP contribution in [-0.2, 0) is 32.3 Å². The Morgan fingerprint density at radius 1 is 0.885 bits per heavy atom. The summed E-state index contributed by atoms with van der Waals surface area (Å²) >= 11 is 0. The fraction of sp³-hybridized carbons (Fsp3) is 0.286. The summed E-state index contributed by atoms with van der Waals surface area (Å²) in [5.41, 5.74) is 0.867. The molecule has 5 heteroatoms. The van der Waals surface area contributed by atoms with Crippen LogP contribution in [0.25, 0.3) is 0 Å². The summed E-state index contributed by atoms with van der Waals surface area (Å²) in [6, 6.07) is 18.7. The van der Waals surface area contributed by atoms with E-state index in [1.54, 1.807) is 6.92 Å². The van der Waals surface area contributed by atoms with Crippen molar-refractivity contribution >= 4 is 17.7 Å². The van der Waals surface area contributed by atoms with Crippen LogP contribution in [0.1, 0.15) is 30.9 Å². The van der Waals surface area contributed by atoms with Crippen LogP contribution in [0.5, 0.6) is 0 Å². The van der Waals surface area contributed by atoms with Crippen LogP contribution in [-0.4, -0.2) is 23.2 Å². The second-order valence-electron chi connectivity index (χ2n) is 6.33. The van der Waals surface area contributed by atoms with Crippen LogP contribution in [0.4, 0.5) is 0 Å². The minimum atomic E-state index is -1.59. The van der Waals surface area contributed by atoms with Crippen molar-refractivity contribution in [1.82, 2.24) is 0 Å². The van der Waals surface area contributed by atoms with Gasteiger partial charge in [-0.1, -0.05) is 60.7 Å². The lowest BCUT2D eigenvalue weighted by molar-refractivity contribution is -0.165. The molecule has 0 aliphatic carbocycles. The Bertz CT molecular complexity index is 744. The van der Waals surface area contributed by atoms with Gasteiger partial charge in [0.1, 0.15) is 13.2 Å². The van der Waals surface area contributed by atoms with Gasteiger partial charge in [0.2, 0.25) is 0 Å². The molecule has 0 radical (unpaired) electrons. The van der Waals surface area contributed by atoms with Crippen LogP contribution >= 0.6 is 0 Å². The predicted octanol–water partition coefficient (Wildman–Crippen LogP) is 3.47. The Hall–Kier alpha value is -2.95. The highest BCUT2D eigenvalue weighted by atomic mass is 16.6. The van der Waals surface area contributed by atoms with E-state index in [1.807, 2.05) is 60.7 Å². The zero-order valence-corrected chi connectivity index (χ0v) is 14.7. The monoisotopic (exact) mass is 351 g/mol. The summed E-state index contributed by atoms with van der Waals surface area (Å²) < 4.78 is 10.8. The van der Waals surface area contributed by atoms with Crippen molar-refractivity contribution in [1.29, 1.82) is 0 Å².